The van der Waals surface area contributed by atoms with Crippen LogP contribution in [0.25, 0.3) is 0 Å². The first-order valence-corrected chi connectivity index (χ1v) is 16.3. The summed E-state index contributed by atoms with van der Waals surface area (Å²) in [5.41, 5.74) is 0. The number of hydrogen-bond donors (Lipinski definition) is 2. The van der Waals surface area contributed by atoms with Crippen molar-refractivity contribution in [3.8, 4) is 0 Å². The highest BCUT2D eigenvalue weighted by Crippen LogP contribution is 2.24. The summed E-state index contributed by atoms with van der Waals surface area (Å²) in [6, 6.07) is 0. The summed E-state index contributed by atoms with van der Waals surface area (Å²) in [5.74, 6) is 0. The topological polar surface area (TPSA) is 40.5 Å². The van der Waals surface area contributed by atoms with Crippen molar-refractivity contribution in [2.45, 2.75) is 180 Å². The van der Waals surface area contributed by atoms with Crippen LogP contribution in [-0.4, -0.2) is 53.1 Å². The standard InChI is InChI=1S/C32H66NO2/c1-3-5-7-9-11-13-15-17-19-21-23-25-27-33(29-31(34)32(35)30-33)28-26-24-22-20-18-16-14-12-10-8-6-4-2/h31-32,34-35H,3-30H2,1-2H3/q+1. The number of aliphatic hydroxyl groups excluding tert-OH is 2. The third kappa shape index (κ3) is 17.9. The van der Waals surface area contributed by atoms with Gasteiger partial charge in [-0.05, 0) is 25.7 Å². The van der Waals surface area contributed by atoms with Crippen LogP contribution in [0.15, 0.2) is 0 Å². The first-order chi connectivity index (χ1) is 17.1. The molecule has 0 saturated carbocycles. The minimum absolute atomic E-state index is 0.510. The molecule has 1 rings (SSSR count). The van der Waals surface area contributed by atoms with Gasteiger partial charge in [0, 0.05) is 0 Å². The van der Waals surface area contributed by atoms with Crippen molar-refractivity contribution in [3.05, 3.63) is 0 Å². The Morgan fingerprint density at radius 2 is 0.629 bits per heavy atom. The zero-order valence-corrected chi connectivity index (χ0v) is 24.3. The van der Waals surface area contributed by atoms with E-state index in [-0.39, 0.29) is 0 Å². The van der Waals surface area contributed by atoms with Crippen molar-refractivity contribution in [1.82, 2.24) is 0 Å². The number of likely N-dealkylation sites (tertiary alicyclic amines) is 1. The second kappa shape index (κ2) is 23.0. The zero-order chi connectivity index (χ0) is 25.5. The molecule has 0 bridgehead atoms. The smallest absolute Gasteiger partial charge is 0.134 e. The molecule has 2 N–H and O–H groups in total. The van der Waals surface area contributed by atoms with Crippen LogP contribution in [0.5, 0.6) is 0 Å². The minimum Gasteiger partial charge on any atom is -0.384 e. The van der Waals surface area contributed by atoms with Crippen LogP contribution in [0.2, 0.25) is 0 Å². The van der Waals surface area contributed by atoms with E-state index in [4.69, 9.17) is 0 Å². The molecule has 1 aliphatic heterocycles. The largest absolute Gasteiger partial charge is 0.384 e. The normalized spacial score (nSPS) is 19.5. The van der Waals surface area contributed by atoms with E-state index in [1.807, 2.05) is 0 Å². The van der Waals surface area contributed by atoms with E-state index in [0.717, 1.165) is 30.7 Å². The zero-order valence-electron chi connectivity index (χ0n) is 24.3. The average molecular weight is 497 g/mol. The third-order valence-corrected chi connectivity index (χ3v) is 8.56. The average Bonchev–Trinajstić information content (AvgIpc) is 3.13. The molecule has 0 aromatic carbocycles. The molecular weight excluding hydrogens is 430 g/mol. The van der Waals surface area contributed by atoms with Crippen LogP contribution in [0, 0.1) is 0 Å². The SMILES string of the molecule is CCCCCCCCCCCCCC[N+]1(CCCCCCCCCCCCCC)CC(O)C(O)C1. The van der Waals surface area contributed by atoms with Crippen LogP contribution in [0.1, 0.15) is 168 Å². The predicted octanol–water partition coefficient (Wildman–Crippen LogP) is 8.94. The maximum atomic E-state index is 10.3. The Morgan fingerprint density at radius 1 is 0.400 bits per heavy atom. The lowest BCUT2D eigenvalue weighted by atomic mass is 10.0. The maximum absolute atomic E-state index is 10.3. The van der Waals surface area contributed by atoms with Gasteiger partial charge in [-0.2, -0.15) is 0 Å². The Hall–Kier alpha value is -0.120. The Kier molecular flexibility index (Phi) is 21.7. The van der Waals surface area contributed by atoms with E-state index < -0.39 is 12.2 Å². The van der Waals surface area contributed by atoms with Gasteiger partial charge in [-0.25, -0.2) is 0 Å². The van der Waals surface area contributed by atoms with E-state index in [1.165, 1.54) is 154 Å². The van der Waals surface area contributed by atoms with Crippen molar-refractivity contribution in [3.63, 3.8) is 0 Å². The molecular formula is C32H66NO2+. The highest BCUT2D eigenvalue weighted by molar-refractivity contribution is 4.75. The molecule has 0 amide bonds. The fourth-order valence-corrected chi connectivity index (χ4v) is 6.16. The molecule has 0 aromatic heterocycles. The van der Waals surface area contributed by atoms with Crippen molar-refractivity contribution in [1.29, 1.82) is 0 Å². The van der Waals surface area contributed by atoms with Crippen molar-refractivity contribution in [2.24, 2.45) is 0 Å². The molecule has 0 aromatic rings. The molecule has 3 nitrogen and oxygen atoms in total. The molecule has 210 valence electrons. The Balaban J connectivity index is 2.05. The van der Waals surface area contributed by atoms with Gasteiger partial charge in [0.15, 0.2) is 0 Å². The minimum atomic E-state index is -0.510. The Morgan fingerprint density at radius 3 is 0.886 bits per heavy atom. The lowest BCUT2D eigenvalue weighted by molar-refractivity contribution is -0.919. The summed E-state index contributed by atoms with van der Waals surface area (Å²) in [5, 5.41) is 20.5. The van der Waals surface area contributed by atoms with Crippen LogP contribution in [0.4, 0.5) is 0 Å². The van der Waals surface area contributed by atoms with Gasteiger partial charge in [0.2, 0.25) is 0 Å². The summed E-state index contributed by atoms with van der Waals surface area (Å²) in [7, 11) is 0. The second-order valence-corrected chi connectivity index (χ2v) is 12.1. The highest BCUT2D eigenvalue weighted by atomic mass is 16.3. The summed E-state index contributed by atoms with van der Waals surface area (Å²) < 4.78 is 0.970. The van der Waals surface area contributed by atoms with Gasteiger partial charge in [-0.15, -0.1) is 0 Å². The van der Waals surface area contributed by atoms with Gasteiger partial charge in [-0.3, -0.25) is 0 Å². The molecule has 1 saturated heterocycles. The summed E-state index contributed by atoms with van der Waals surface area (Å²) in [6.45, 7) is 8.44. The third-order valence-electron chi connectivity index (χ3n) is 8.56. The molecule has 1 aliphatic rings. The Bertz CT molecular complexity index is 401. The van der Waals surface area contributed by atoms with E-state index in [9.17, 15) is 10.2 Å². The summed E-state index contributed by atoms with van der Waals surface area (Å²) in [6.07, 6.45) is 32.3. The number of quaternary nitrogens is 1. The lowest BCUT2D eigenvalue weighted by Gasteiger charge is -2.34. The van der Waals surface area contributed by atoms with Crippen LogP contribution >= 0.6 is 0 Å². The number of aliphatic hydroxyl groups is 2. The van der Waals surface area contributed by atoms with Crippen LogP contribution < -0.4 is 0 Å². The van der Waals surface area contributed by atoms with Gasteiger partial charge in [0.25, 0.3) is 0 Å². The molecule has 0 radical (unpaired) electrons. The molecule has 35 heavy (non-hydrogen) atoms. The maximum Gasteiger partial charge on any atom is 0.134 e. The molecule has 3 heteroatoms. The molecule has 2 unspecified atom stereocenters. The summed E-state index contributed by atoms with van der Waals surface area (Å²) >= 11 is 0. The lowest BCUT2D eigenvalue weighted by Crippen LogP contribution is -2.48. The van der Waals surface area contributed by atoms with Gasteiger partial charge in [0.1, 0.15) is 25.3 Å². The monoisotopic (exact) mass is 497 g/mol. The number of rotatable bonds is 26. The Labute approximate surface area is 221 Å². The van der Waals surface area contributed by atoms with Crippen LogP contribution in [-0.2, 0) is 0 Å². The number of hydrogen-bond acceptors (Lipinski definition) is 2. The van der Waals surface area contributed by atoms with E-state index >= 15 is 0 Å². The van der Waals surface area contributed by atoms with Gasteiger partial charge in [0.05, 0.1) is 13.1 Å². The number of unbranched alkanes of at least 4 members (excludes halogenated alkanes) is 22. The molecule has 0 spiro atoms. The first kappa shape index (κ1) is 32.9. The van der Waals surface area contributed by atoms with Crippen molar-refractivity contribution >= 4 is 0 Å². The van der Waals surface area contributed by atoms with Gasteiger partial charge in [-0.1, -0.05) is 142 Å². The summed E-state index contributed by atoms with van der Waals surface area (Å²) in [4.78, 5) is 0. The van der Waals surface area contributed by atoms with E-state index in [0.29, 0.717) is 0 Å². The van der Waals surface area contributed by atoms with Crippen molar-refractivity contribution in [2.75, 3.05) is 26.2 Å². The van der Waals surface area contributed by atoms with Crippen molar-refractivity contribution < 1.29 is 14.7 Å². The quantitative estimate of drug-likeness (QED) is 0.0926. The molecule has 1 heterocycles. The molecule has 1 fully saturated rings. The second-order valence-electron chi connectivity index (χ2n) is 12.1. The fourth-order valence-electron chi connectivity index (χ4n) is 6.16. The van der Waals surface area contributed by atoms with E-state index in [2.05, 4.69) is 13.8 Å². The van der Waals surface area contributed by atoms with Gasteiger partial charge < -0.3 is 14.7 Å². The number of nitrogens with zero attached hydrogens (tertiary/aromatic N) is 1. The molecule has 2 atom stereocenters. The first-order valence-electron chi connectivity index (χ1n) is 16.3. The fraction of sp³-hybridized carbons (Fsp3) is 1.00. The highest BCUT2D eigenvalue weighted by Gasteiger charge is 2.42. The predicted molar refractivity (Wildman–Crippen MR) is 154 cm³/mol. The van der Waals surface area contributed by atoms with E-state index in [1.54, 1.807) is 0 Å². The van der Waals surface area contributed by atoms with Gasteiger partial charge >= 0.3 is 0 Å². The van der Waals surface area contributed by atoms with Crippen LogP contribution in [0.3, 0.4) is 0 Å². The molecule has 0 aliphatic carbocycles.